The number of aliphatic hydroxyl groups is 1. The van der Waals surface area contributed by atoms with Crippen LogP contribution in [0.1, 0.15) is 27.7 Å². The Morgan fingerprint density at radius 2 is 1.87 bits per heavy atom. The second-order valence-corrected chi connectivity index (χ2v) is 8.34. The zero-order chi connectivity index (χ0) is 23.5. The Kier molecular flexibility index (Phi) is 10.2. The minimum atomic E-state index is -1.06. The molecule has 0 heterocycles. The molecule has 0 aliphatic rings. The Morgan fingerprint density at radius 1 is 1.26 bits per heavy atom. The highest BCUT2D eigenvalue weighted by Crippen LogP contribution is 2.26. The normalized spacial score (nSPS) is 12.5. The Morgan fingerprint density at radius 3 is 2.45 bits per heavy atom. The first kappa shape index (κ1) is 26.2. The number of ether oxygens (including phenoxy) is 2. The van der Waals surface area contributed by atoms with Crippen LogP contribution in [0.4, 0.5) is 0 Å². The molecule has 1 aromatic carbocycles. The molecule has 1 atom stereocenters. The average Bonchev–Trinajstić information content (AvgIpc) is 2.72. The van der Waals surface area contributed by atoms with E-state index in [9.17, 15) is 20.0 Å². The van der Waals surface area contributed by atoms with Crippen molar-refractivity contribution < 1.29 is 29.3 Å². The highest BCUT2D eigenvalue weighted by molar-refractivity contribution is 5.82. The van der Waals surface area contributed by atoms with E-state index in [0.717, 1.165) is 0 Å². The molecule has 0 saturated heterocycles. The van der Waals surface area contributed by atoms with Crippen molar-refractivity contribution in [1.29, 1.82) is 0 Å². The second kappa shape index (κ2) is 12.1. The smallest absolute Gasteiger partial charge is 0.294 e. The average molecular weight is 440 g/mol. The zero-order valence-electron chi connectivity index (χ0n) is 18.6. The third kappa shape index (κ3) is 10.1. The van der Waals surface area contributed by atoms with E-state index in [2.05, 4.69) is 22.1 Å². The van der Waals surface area contributed by atoms with Crippen LogP contribution in [0.25, 0.3) is 0 Å². The van der Waals surface area contributed by atoms with Gasteiger partial charge in [-0.05, 0) is 39.8 Å². The quantitative estimate of drug-likeness (QED) is 0.214. The van der Waals surface area contributed by atoms with Crippen molar-refractivity contribution in [2.75, 3.05) is 32.9 Å². The fourth-order valence-electron chi connectivity index (χ4n) is 2.36. The maximum Gasteiger partial charge on any atom is 0.294 e. The Hall–Kier alpha value is -2.85. The van der Waals surface area contributed by atoms with Crippen molar-refractivity contribution in [2.24, 2.45) is 5.41 Å². The van der Waals surface area contributed by atoms with E-state index in [4.69, 9.17) is 9.47 Å². The topological polar surface area (TPSA) is 132 Å². The van der Waals surface area contributed by atoms with Crippen molar-refractivity contribution in [3.8, 4) is 11.5 Å². The molecule has 0 fully saturated rings. The van der Waals surface area contributed by atoms with Crippen LogP contribution < -0.4 is 20.1 Å². The molecule has 0 aliphatic carbocycles. The fourth-order valence-corrected chi connectivity index (χ4v) is 2.36. The van der Waals surface area contributed by atoms with Crippen molar-refractivity contribution in [3.05, 3.63) is 47.0 Å². The number of β-amino-alcohol motifs (C(OH)–C–C–N with tert-alkyl or cyclic N) is 1. The molecule has 1 unspecified atom stereocenters. The molecule has 1 amide bonds. The van der Waals surface area contributed by atoms with Gasteiger partial charge in [-0.25, -0.2) is 0 Å². The summed E-state index contributed by atoms with van der Waals surface area (Å²) in [7, 11) is 0. The third-order valence-electron chi connectivity index (χ3n) is 4.29. The largest absolute Gasteiger partial charge is 0.487 e. The van der Waals surface area contributed by atoms with Crippen molar-refractivity contribution in [3.63, 3.8) is 0 Å². The summed E-state index contributed by atoms with van der Waals surface area (Å²) in [6.45, 7) is 11.0. The van der Waals surface area contributed by atoms with E-state index in [1.165, 1.54) is 0 Å². The second-order valence-electron chi connectivity index (χ2n) is 8.34. The van der Waals surface area contributed by atoms with Gasteiger partial charge >= 0.3 is 0 Å². The molecule has 0 saturated carbocycles. The van der Waals surface area contributed by atoms with Gasteiger partial charge in [0.05, 0.1) is 5.41 Å². The van der Waals surface area contributed by atoms with Crippen LogP contribution in [0.15, 0.2) is 36.9 Å². The molecule has 10 nitrogen and oxygen atoms in total. The SMILES string of the molecule is C=CCOc1ccccc1OCC(O)CNC(C)(C)CNC(=O)C(C)(C)CO[N+](=O)[O-]. The lowest BCUT2D eigenvalue weighted by Gasteiger charge is -2.30. The van der Waals surface area contributed by atoms with Gasteiger partial charge in [-0.3, -0.25) is 4.79 Å². The number of nitrogens with zero attached hydrogens (tertiary/aromatic N) is 1. The first-order chi connectivity index (χ1) is 14.5. The van der Waals surface area contributed by atoms with Gasteiger partial charge in [-0.2, -0.15) is 0 Å². The molecule has 0 radical (unpaired) electrons. The summed E-state index contributed by atoms with van der Waals surface area (Å²) in [5.74, 6) is 0.715. The Balaban J connectivity index is 2.45. The molecule has 31 heavy (non-hydrogen) atoms. The molecule has 1 aromatic rings. The molecule has 174 valence electrons. The van der Waals surface area contributed by atoms with E-state index in [-0.39, 0.29) is 32.2 Å². The molecule has 3 N–H and O–H groups in total. The lowest BCUT2D eigenvalue weighted by molar-refractivity contribution is -0.760. The standard InChI is InChI=1S/C21H33N3O7/c1-6-11-29-17-9-7-8-10-18(17)30-13-16(25)12-23-21(4,5)14-22-19(26)20(2,3)15-31-24(27)28/h6-10,16,23,25H,1,11-15H2,2-5H3,(H,22,26). The number of rotatable bonds is 15. The number of aliphatic hydroxyl groups excluding tert-OH is 1. The first-order valence-electron chi connectivity index (χ1n) is 9.91. The summed E-state index contributed by atoms with van der Waals surface area (Å²) in [4.78, 5) is 27.0. The van der Waals surface area contributed by atoms with Gasteiger partial charge in [0.1, 0.15) is 25.9 Å². The maximum absolute atomic E-state index is 12.3. The van der Waals surface area contributed by atoms with Crippen LogP contribution in [0.2, 0.25) is 0 Å². The molecule has 0 bridgehead atoms. The molecule has 0 aliphatic heterocycles. The van der Waals surface area contributed by atoms with Gasteiger partial charge in [-0.15, -0.1) is 10.1 Å². The monoisotopic (exact) mass is 439 g/mol. The molecule has 0 spiro atoms. The van der Waals surface area contributed by atoms with Crippen molar-refractivity contribution in [1.82, 2.24) is 10.6 Å². The number of amides is 1. The third-order valence-corrected chi connectivity index (χ3v) is 4.29. The number of hydrogen-bond donors (Lipinski definition) is 3. The number of para-hydroxylation sites is 2. The van der Waals surface area contributed by atoms with E-state index in [1.807, 2.05) is 26.0 Å². The van der Waals surface area contributed by atoms with Crippen LogP contribution in [0, 0.1) is 15.5 Å². The lowest BCUT2D eigenvalue weighted by atomic mass is 9.93. The summed E-state index contributed by atoms with van der Waals surface area (Å²) in [5.41, 5.74) is -1.60. The predicted molar refractivity (Wildman–Crippen MR) is 115 cm³/mol. The van der Waals surface area contributed by atoms with Crippen molar-refractivity contribution >= 4 is 5.91 Å². The number of benzene rings is 1. The lowest BCUT2D eigenvalue weighted by Crippen LogP contribution is -2.53. The first-order valence-corrected chi connectivity index (χ1v) is 9.91. The van der Waals surface area contributed by atoms with Crippen LogP contribution in [-0.4, -0.2) is 60.7 Å². The molecule has 10 heteroatoms. The van der Waals surface area contributed by atoms with E-state index in [0.29, 0.717) is 18.1 Å². The molecular weight excluding hydrogens is 406 g/mol. The van der Waals surface area contributed by atoms with Crippen LogP contribution in [0.3, 0.4) is 0 Å². The number of nitrogens with one attached hydrogen (secondary N) is 2. The molecule has 0 aromatic heterocycles. The van der Waals surface area contributed by atoms with Crippen LogP contribution >= 0.6 is 0 Å². The highest BCUT2D eigenvalue weighted by Gasteiger charge is 2.30. The predicted octanol–water partition coefficient (Wildman–Crippen LogP) is 1.71. The van der Waals surface area contributed by atoms with Gasteiger partial charge in [0.15, 0.2) is 11.5 Å². The summed E-state index contributed by atoms with van der Waals surface area (Å²) in [6, 6.07) is 7.16. The fraction of sp³-hybridized carbons (Fsp3) is 0.571. The minimum absolute atomic E-state index is 0.0508. The van der Waals surface area contributed by atoms with Gasteiger partial charge in [0.2, 0.25) is 5.91 Å². The summed E-state index contributed by atoms with van der Waals surface area (Å²) in [6.07, 6.45) is 0.833. The molecule has 1 rings (SSSR count). The van der Waals surface area contributed by atoms with Gasteiger partial charge in [0, 0.05) is 18.6 Å². The van der Waals surface area contributed by atoms with E-state index >= 15 is 0 Å². The summed E-state index contributed by atoms with van der Waals surface area (Å²) in [5, 5.41) is 25.6. The zero-order valence-corrected chi connectivity index (χ0v) is 18.6. The van der Waals surface area contributed by atoms with Crippen molar-refractivity contribution in [2.45, 2.75) is 39.3 Å². The van der Waals surface area contributed by atoms with Gasteiger partial charge in [-0.1, -0.05) is 24.8 Å². The number of carbonyl (C=O) groups excluding carboxylic acids is 1. The van der Waals surface area contributed by atoms with Crippen LogP contribution in [0.5, 0.6) is 11.5 Å². The Labute approximate surface area is 182 Å². The highest BCUT2D eigenvalue weighted by atomic mass is 16.9. The summed E-state index contributed by atoms with van der Waals surface area (Å²) >= 11 is 0. The summed E-state index contributed by atoms with van der Waals surface area (Å²) < 4.78 is 11.2. The van der Waals surface area contributed by atoms with Gasteiger partial charge < -0.3 is 30.1 Å². The number of hydrogen-bond acceptors (Lipinski definition) is 8. The number of carbonyl (C=O) groups is 1. The Bertz CT molecular complexity index is 737. The maximum atomic E-state index is 12.3. The van der Waals surface area contributed by atoms with Crippen LogP contribution in [-0.2, 0) is 9.63 Å². The minimum Gasteiger partial charge on any atom is -0.487 e. The molecular formula is C21H33N3O7. The van der Waals surface area contributed by atoms with E-state index in [1.54, 1.807) is 32.1 Å². The van der Waals surface area contributed by atoms with E-state index < -0.39 is 22.1 Å². The van der Waals surface area contributed by atoms with Gasteiger partial charge in [0.25, 0.3) is 5.09 Å².